The molecule has 1 aromatic carbocycles. The van der Waals surface area contributed by atoms with Crippen molar-refractivity contribution < 1.29 is 22.4 Å². The zero-order chi connectivity index (χ0) is 15.6. The summed E-state index contributed by atoms with van der Waals surface area (Å²) in [6, 6.07) is 5.40. The molecule has 0 unspecified atom stereocenters. The van der Waals surface area contributed by atoms with Crippen molar-refractivity contribution >= 4 is 27.7 Å². The van der Waals surface area contributed by atoms with E-state index in [4.69, 9.17) is 0 Å². The first kappa shape index (κ1) is 15.4. The maximum Gasteiger partial charge on any atom is 0.417 e. The summed E-state index contributed by atoms with van der Waals surface area (Å²) >= 11 is 2.97. The van der Waals surface area contributed by atoms with Crippen molar-refractivity contribution in [1.29, 1.82) is 0 Å². The van der Waals surface area contributed by atoms with Crippen LogP contribution in [0, 0.1) is 5.82 Å². The number of anilines is 1. The lowest BCUT2D eigenvalue weighted by atomic mass is 10.1. The van der Waals surface area contributed by atoms with Crippen molar-refractivity contribution in [3.63, 3.8) is 0 Å². The minimum absolute atomic E-state index is 0.0709. The van der Waals surface area contributed by atoms with Crippen LogP contribution in [0.2, 0.25) is 0 Å². The van der Waals surface area contributed by atoms with Gasteiger partial charge in [-0.25, -0.2) is 9.37 Å². The van der Waals surface area contributed by atoms with Crippen LogP contribution in [-0.2, 0) is 6.18 Å². The van der Waals surface area contributed by atoms with Gasteiger partial charge in [0.25, 0.3) is 5.91 Å². The summed E-state index contributed by atoms with van der Waals surface area (Å²) in [7, 11) is 0. The van der Waals surface area contributed by atoms with Crippen molar-refractivity contribution in [3.8, 4) is 0 Å². The molecule has 0 fully saturated rings. The Morgan fingerprint density at radius 3 is 2.52 bits per heavy atom. The van der Waals surface area contributed by atoms with Crippen LogP contribution in [0.1, 0.15) is 15.9 Å². The van der Waals surface area contributed by atoms with Crippen LogP contribution >= 0.6 is 15.9 Å². The van der Waals surface area contributed by atoms with Gasteiger partial charge in [0, 0.05) is 0 Å². The number of hydrogen-bond donors (Lipinski definition) is 1. The Morgan fingerprint density at radius 2 is 1.90 bits per heavy atom. The highest BCUT2D eigenvalue weighted by molar-refractivity contribution is 9.10. The topological polar surface area (TPSA) is 42.0 Å². The first-order chi connectivity index (χ1) is 9.79. The molecule has 21 heavy (non-hydrogen) atoms. The predicted molar refractivity (Wildman–Crippen MR) is 71.3 cm³/mol. The average molecular weight is 363 g/mol. The quantitative estimate of drug-likeness (QED) is 0.811. The fourth-order valence-electron chi connectivity index (χ4n) is 1.61. The lowest BCUT2D eigenvalue weighted by molar-refractivity contribution is -0.137. The molecule has 0 atom stereocenters. The van der Waals surface area contributed by atoms with Crippen molar-refractivity contribution in [3.05, 3.63) is 57.9 Å². The Bertz CT molecular complexity index is 688. The highest BCUT2D eigenvalue weighted by atomic mass is 79.9. The highest BCUT2D eigenvalue weighted by Crippen LogP contribution is 2.32. The number of carbonyl (C=O) groups excluding carboxylic acids is 1. The van der Waals surface area contributed by atoms with Gasteiger partial charge >= 0.3 is 6.18 Å². The summed E-state index contributed by atoms with van der Waals surface area (Å²) in [6.45, 7) is 0. The monoisotopic (exact) mass is 362 g/mol. The van der Waals surface area contributed by atoms with Crippen molar-refractivity contribution in [2.24, 2.45) is 0 Å². The molecule has 1 aromatic heterocycles. The summed E-state index contributed by atoms with van der Waals surface area (Å²) < 4.78 is 51.5. The van der Waals surface area contributed by atoms with Crippen LogP contribution in [-0.4, -0.2) is 10.9 Å². The number of benzene rings is 1. The number of nitrogens with one attached hydrogen (secondary N) is 1. The van der Waals surface area contributed by atoms with Gasteiger partial charge in [-0.2, -0.15) is 13.2 Å². The van der Waals surface area contributed by atoms with Gasteiger partial charge in [0.1, 0.15) is 11.6 Å². The standard InChI is InChI=1S/C13H7BrF4N2O/c14-10-5-7(15)6-19-11(10)20-12(21)8-3-1-2-4-9(8)13(16,17)18/h1-6H,(H,19,20,21). The minimum Gasteiger partial charge on any atom is -0.306 e. The van der Waals surface area contributed by atoms with Gasteiger partial charge in [0.15, 0.2) is 0 Å². The largest absolute Gasteiger partial charge is 0.417 e. The molecule has 2 aromatic rings. The van der Waals surface area contributed by atoms with Crippen molar-refractivity contribution in [2.75, 3.05) is 5.32 Å². The number of carbonyl (C=O) groups is 1. The summed E-state index contributed by atoms with van der Waals surface area (Å²) in [5.74, 6) is -1.70. The van der Waals surface area contributed by atoms with Crippen molar-refractivity contribution in [1.82, 2.24) is 4.98 Å². The minimum atomic E-state index is -4.65. The predicted octanol–water partition coefficient (Wildman–Crippen LogP) is 4.25. The third-order valence-corrected chi connectivity index (χ3v) is 3.12. The molecule has 1 amide bonds. The van der Waals surface area contributed by atoms with E-state index in [2.05, 4.69) is 26.2 Å². The second-order valence-corrected chi connectivity index (χ2v) is 4.84. The number of alkyl halides is 3. The van der Waals surface area contributed by atoms with Gasteiger partial charge in [0.05, 0.1) is 21.8 Å². The SMILES string of the molecule is O=C(Nc1ncc(F)cc1Br)c1ccccc1C(F)(F)F. The zero-order valence-electron chi connectivity index (χ0n) is 10.2. The highest BCUT2D eigenvalue weighted by Gasteiger charge is 2.34. The van der Waals surface area contributed by atoms with Gasteiger partial charge < -0.3 is 5.32 Å². The fraction of sp³-hybridized carbons (Fsp3) is 0.0769. The Hall–Kier alpha value is -1.96. The molecule has 3 nitrogen and oxygen atoms in total. The third-order valence-electron chi connectivity index (χ3n) is 2.52. The molecule has 1 N–H and O–H groups in total. The van der Waals surface area contributed by atoms with E-state index in [1.165, 1.54) is 12.1 Å². The molecule has 0 saturated carbocycles. The molecular weight excluding hydrogens is 356 g/mol. The van der Waals surface area contributed by atoms with Crippen LogP contribution in [0.3, 0.4) is 0 Å². The van der Waals surface area contributed by atoms with E-state index < -0.39 is 29.0 Å². The second-order valence-electron chi connectivity index (χ2n) is 3.98. The molecule has 1 heterocycles. The molecule has 0 aliphatic rings. The zero-order valence-corrected chi connectivity index (χ0v) is 11.8. The van der Waals surface area contributed by atoms with Gasteiger partial charge in [0.2, 0.25) is 0 Å². The first-order valence-electron chi connectivity index (χ1n) is 5.57. The van der Waals surface area contributed by atoms with Gasteiger partial charge in [-0.15, -0.1) is 0 Å². The number of halogens is 5. The first-order valence-corrected chi connectivity index (χ1v) is 6.37. The summed E-state index contributed by atoms with van der Waals surface area (Å²) in [5, 5.41) is 2.20. The van der Waals surface area contributed by atoms with Gasteiger partial charge in [-0.1, -0.05) is 12.1 Å². The maximum atomic E-state index is 12.9. The normalized spacial score (nSPS) is 11.3. The summed E-state index contributed by atoms with van der Waals surface area (Å²) in [6.07, 6.45) is -3.81. The summed E-state index contributed by atoms with van der Waals surface area (Å²) in [4.78, 5) is 15.6. The van der Waals surface area contributed by atoms with Crippen LogP contribution in [0.5, 0.6) is 0 Å². The number of pyridine rings is 1. The number of hydrogen-bond acceptors (Lipinski definition) is 2. The fourth-order valence-corrected chi connectivity index (χ4v) is 2.03. The van der Waals surface area contributed by atoms with Crippen LogP contribution in [0.25, 0.3) is 0 Å². The smallest absolute Gasteiger partial charge is 0.306 e. The Morgan fingerprint density at radius 1 is 1.24 bits per heavy atom. The summed E-state index contributed by atoms with van der Waals surface area (Å²) in [5.41, 5.74) is -1.59. The molecule has 0 radical (unpaired) electrons. The number of aromatic nitrogens is 1. The third kappa shape index (κ3) is 3.57. The van der Waals surface area contributed by atoms with Gasteiger partial charge in [-0.05, 0) is 34.1 Å². The van der Waals surface area contributed by atoms with Crippen LogP contribution in [0.4, 0.5) is 23.4 Å². The van der Waals surface area contributed by atoms with Gasteiger partial charge in [-0.3, -0.25) is 4.79 Å². The van der Waals surface area contributed by atoms with E-state index in [-0.39, 0.29) is 10.3 Å². The van der Waals surface area contributed by atoms with Crippen molar-refractivity contribution in [2.45, 2.75) is 6.18 Å². The number of rotatable bonds is 2. The molecule has 0 saturated heterocycles. The molecule has 110 valence electrons. The van der Waals surface area contributed by atoms with E-state index >= 15 is 0 Å². The molecule has 0 aliphatic carbocycles. The second kappa shape index (κ2) is 5.80. The lowest BCUT2D eigenvalue weighted by Crippen LogP contribution is -2.19. The number of nitrogens with zero attached hydrogens (tertiary/aromatic N) is 1. The van der Waals surface area contributed by atoms with Crippen LogP contribution < -0.4 is 5.32 Å². The average Bonchev–Trinajstić information content (AvgIpc) is 2.41. The molecule has 0 aliphatic heterocycles. The van der Waals surface area contributed by atoms with E-state index in [1.54, 1.807) is 0 Å². The Kier molecular flexibility index (Phi) is 4.26. The molecule has 0 bridgehead atoms. The van der Waals surface area contributed by atoms with E-state index in [0.29, 0.717) is 0 Å². The maximum absolute atomic E-state index is 12.9. The van der Waals surface area contributed by atoms with E-state index in [0.717, 1.165) is 24.4 Å². The lowest BCUT2D eigenvalue weighted by Gasteiger charge is -2.12. The van der Waals surface area contributed by atoms with E-state index in [9.17, 15) is 22.4 Å². The molecule has 8 heteroatoms. The van der Waals surface area contributed by atoms with Crippen LogP contribution in [0.15, 0.2) is 41.0 Å². The van der Waals surface area contributed by atoms with E-state index in [1.807, 2.05) is 0 Å². The Labute approximate surface area is 125 Å². The number of amides is 1. The molecule has 2 rings (SSSR count). The molecule has 0 spiro atoms. The molecular formula is C13H7BrF4N2O. The Balaban J connectivity index is 2.33.